The summed E-state index contributed by atoms with van der Waals surface area (Å²) >= 11 is 0. The standard InChI is InChI=1S/C21H19N3O2/c1-24-18-11-4-2-9-16(18)21(25)23-20(24)17-10-3-5-12-19(17)26-14-15-8-6-7-13-22-15/h2-13,20H,14H2,1H3,(H,23,25)/t20-/m0/s1. The molecule has 0 spiro atoms. The van der Waals surface area contributed by atoms with Gasteiger partial charge in [-0.2, -0.15) is 0 Å². The van der Waals surface area contributed by atoms with Gasteiger partial charge in [0.2, 0.25) is 0 Å². The van der Waals surface area contributed by atoms with Gasteiger partial charge in [-0.1, -0.05) is 36.4 Å². The zero-order chi connectivity index (χ0) is 17.9. The molecule has 3 aromatic rings. The minimum atomic E-state index is -0.294. The first kappa shape index (κ1) is 16.1. The van der Waals surface area contributed by atoms with Crippen molar-refractivity contribution in [3.8, 4) is 5.75 Å². The second-order valence-corrected chi connectivity index (χ2v) is 6.15. The van der Waals surface area contributed by atoms with Gasteiger partial charge in [-0.05, 0) is 30.3 Å². The monoisotopic (exact) mass is 345 g/mol. The first-order valence-corrected chi connectivity index (χ1v) is 8.48. The molecule has 4 rings (SSSR count). The van der Waals surface area contributed by atoms with E-state index in [2.05, 4.69) is 15.2 Å². The normalized spacial score (nSPS) is 16.0. The first-order valence-electron chi connectivity index (χ1n) is 8.48. The number of nitrogens with zero attached hydrogens (tertiary/aromatic N) is 2. The Kier molecular flexibility index (Phi) is 4.27. The van der Waals surface area contributed by atoms with Crippen LogP contribution < -0.4 is 15.0 Å². The maximum absolute atomic E-state index is 12.5. The number of hydrogen-bond donors (Lipinski definition) is 1. The molecular weight excluding hydrogens is 326 g/mol. The van der Waals surface area contributed by atoms with Crippen molar-refractivity contribution in [3.05, 3.63) is 89.7 Å². The van der Waals surface area contributed by atoms with Crippen LogP contribution in [0.2, 0.25) is 0 Å². The van der Waals surface area contributed by atoms with Crippen LogP contribution in [0.1, 0.15) is 27.8 Å². The van der Waals surface area contributed by atoms with E-state index in [1.807, 2.05) is 73.8 Å². The molecule has 1 aliphatic heterocycles. The SMILES string of the molecule is CN1c2ccccc2C(=O)N[C@@H]1c1ccccc1OCc1ccccn1. The molecule has 0 unspecified atom stereocenters. The number of carbonyl (C=O) groups is 1. The number of anilines is 1. The van der Waals surface area contributed by atoms with E-state index in [1.54, 1.807) is 6.20 Å². The number of fused-ring (bicyclic) bond motifs is 1. The van der Waals surface area contributed by atoms with E-state index >= 15 is 0 Å². The number of aromatic nitrogens is 1. The number of amides is 1. The van der Waals surface area contributed by atoms with Crippen molar-refractivity contribution in [1.29, 1.82) is 0 Å². The summed E-state index contributed by atoms with van der Waals surface area (Å²) in [5.41, 5.74) is 3.35. The molecule has 0 bridgehead atoms. The number of hydrogen-bond acceptors (Lipinski definition) is 4. The van der Waals surface area contributed by atoms with Crippen LogP contribution in [0.15, 0.2) is 72.9 Å². The van der Waals surface area contributed by atoms with E-state index in [0.717, 1.165) is 22.7 Å². The number of para-hydroxylation sites is 2. The summed E-state index contributed by atoms with van der Waals surface area (Å²) in [6.45, 7) is 0.374. The van der Waals surface area contributed by atoms with Crippen LogP contribution in [0.4, 0.5) is 5.69 Å². The van der Waals surface area contributed by atoms with Crippen molar-refractivity contribution in [2.45, 2.75) is 12.8 Å². The lowest BCUT2D eigenvalue weighted by Gasteiger charge is -2.37. The molecule has 26 heavy (non-hydrogen) atoms. The van der Waals surface area contributed by atoms with Crippen LogP contribution in [-0.2, 0) is 6.61 Å². The summed E-state index contributed by atoms with van der Waals surface area (Å²) in [6, 6.07) is 21.1. The lowest BCUT2D eigenvalue weighted by Crippen LogP contribution is -2.44. The Labute approximate surface area is 152 Å². The van der Waals surface area contributed by atoms with Crippen molar-refractivity contribution in [2.24, 2.45) is 0 Å². The van der Waals surface area contributed by atoms with Crippen LogP contribution >= 0.6 is 0 Å². The van der Waals surface area contributed by atoms with Gasteiger partial charge >= 0.3 is 0 Å². The molecule has 1 atom stereocenters. The average Bonchev–Trinajstić information content (AvgIpc) is 2.70. The van der Waals surface area contributed by atoms with Crippen molar-refractivity contribution in [1.82, 2.24) is 10.3 Å². The van der Waals surface area contributed by atoms with Gasteiger partial charge in [0.05, 0.1) is 16.9 Å². The first-order chi connectivity index (χ1) is 12.7. The number of ether oxygens (including phenoxy) is 1. The van der Waals surface area contributed by atoms with Crippen molar-refractivity contribution >= 4 is 11.6 Å². The summed E-state index contributed by atoms with van der Waals surface area (Å²) in [4.78, 5) is 18.9. The predicted octanol–water partition coefficient (Wildman–Crippen LogP) is 3.54. The Morgan fingerprint density at radius 2 is 1.81 bits per heavy atom. The third-order valence-electron chi connectivity index (χ3n) is 4.50. The molecule has 0 fully saturated rings. The number of nitrogens with one attached hydrogen (secondary N) is 1. The van der Waals surface area contributed by atoms with Gasteiger partial charge in [-0.25, -0.2) is 0 Å². The van der Waals surface area contributed by atoms with Gasteiger partial charge in [0.25, 0.3) is 5.91 Å². The fourth-order valence-electron chi connectivity index (χ4n) is 3.17. The number of benzene rings is 2. The van der Waals surface area contributed by atoms with Gasteiger partial charge in [0.1, 0.15) is 18.5 Å². The molecule has 1 aliphatic rings. The van der Waals surface area contributed by atoms with Crippen LogP contribution in [-0.4, -0.2) is 17.9 Å². The smallest absolute Gasteiger partial charge is 0.255 e. The van der Waals surface area contributed by atoms with Crippen molar-refractivity contribution < 1.29 is 9.53 Å². The Morgan fingerprint density at radius 3 is 2.65 bits per heavy atom. The Bertz CT molecular complexity index is 927. The van der Waals surface area contributed by atoms with Crippen LogP contribution in [0, 0.1) is 0 Å². The third kappa shape index (κ3) is 2.99. The Hall–Kier alpha value is -3.34. The summed E-state index contributed by atoms with van der Waals surface area (Å²) < 4.78 is 6.01. The van der Waals surface area contributed by atoms with E-state index in [4.69, 9.17) is 4.74 Å². The lowest BCUT2D eigenvalue weighted by atomic mass is 10.0. The summed E-state index contributed by atoms with van der Waals surface area (Å²) in [5.74, 6) is 0.651. The lowest BCUT2D eigenvalue weighted by molar-refractivity contribution is 0.0927. The molecule has 0 radical (unpaired) electrons. The van der Waals surface area contributed by atoms with E-state index in [9.17, 15) is 4.79 Å². The zero-order valence-corrected chi connectivity index (χ0v) is 14.4. The highest BCUT2D eigenvalue weighted by Crippen LogP contribution is 2.35. The molecule has 2 aromatic carbocycles. The highest BCUT2D eigenvalue weighted by atomic mass is 16.5. The second kappa shape index (κ2) is 6.88. The van der Waals surface area contributed by atoms with E-state index in [1.165, 1.54) is 0 Å². The van der Waals surface area contributed by atoms with Crippen LogP contribution in [0.25, 0.3) is 0 Å². The maximum atomic E-state index is 12.5. The number of rotatable bonds is 4. The molecule has 1 amide bonds. The topological polar surface area (TPSA) is 54.5 Å². The van der Waals surface area contributed by atoms with Crippen molar-refractivity contribution in [3.63, 3.8) is 0 Å². The quantitative estimate of drug-likeness (QED) is 0.786. The van der Waals surface area contributed by atoms with Gasteiger partial charge in [0, 0.05) is 18.8 Å². The maximum Gasteiger partial charge on any atom is 0.255 e. The van der Waals surface area contributed by atoms with Gasteiger partial charge in [0.15, 0.2) is 0 Å². The third-order valence-corrected chi connectivity index (χ3v) is 4.50. The van der Waals surface area contributed by atoms with Crippen molar-refractivity contribution in [2.75, 3.05) is 11.9 Å². The van der Waals surface area contributed by atoms with E-state index in [0.29, 0.717) is 12.2 Å². The second-order valence-electron chi connectivity index (χ2n) is 6.15. The summed E-state index contributed by atoms with van der Waals surface area (Å²) in [6.07, 6.45) is 1.45. The van der Waals surface area contributed by atoms with Gasteiger partial charge < -0.3 is 15.0 Å². The number of carbonyl (C=O) groups excluding carboxylic acids is 1. The fourth-order valence-corrected chi connectivity index (χ4v) is 3.17. The molecule has 1 aromatic heterocycles. The molecule has 5 nitrogen and oxygen atoms in total. The Balaban J connectivity index is 1.63. The molecule has 0 saturated carbocycles. The highest BCUT2D eigenvalue weighted by molar-refractivity contribution is 6.02. The van der Waals surface area contributed by atoms with E-state index < -0.39 is 0 Å². The summed E-state index contributed by atoms with van der Waals surface area (Å²) in [7, 11) is 1.97. The largest absolute Gasteiger partial charge is 0.487 e. The molecule has 1 N–H and O–H groups in total. The predicted molar refractivity (Wildman–Crippen MR) is 100 cm³/mol. The van der Waals surface area contributed by atoms with Crippen LogP contribution in [0.3, 0.4) is 0 Å². The molecule has 0 aliphatic carbocycles. The number of pyridine rings is 1. The average molecular weight is 345 g/mol. The van der Waals surface area contributed by atoms with Crippen LogP contribution in [0.5, 0.6) is 5.75 Å². The Morgan fingerprint density at radius 1 is 1.04 bits per heavy atom. The zero-order valence-electron chi connectivity index (χ0n) is 14.4. The van der Waals surface area contributed by atoms with Gasteiger partial charge in [-0.3, -0.25) is 9.78 Å². The fraction of sp³-hybridized carbons (Fsp3) is 0.143. The highest BCUT2D eigenvalue weighted by Gasteiger charge is 2.30. The minimum absolute atomic E-state index is 0.0803. The molecule has 130 valence electrons. The minimum Gasteiger partial charge on any atom is -0.487 e. The molecular formula is C21H19N3O2. The molecule has 5 heteroatoms. The molecule has 0 saturated heterocycles. The summed E-state index contributed by atoms with van der Waals surface area (Å²) in [5, 5.41) is 3.07. The van der Waals surface area contributed by atoms with E-state index in [-0.39, 0.29) is 12.1 Å². The van der Waals surface area contributed by atoms with Gasteiger partial charge in [-0.15, -0.1) is 0 Å². The molecule has 2 heterocycles.